The molecule has 0 aliphatic rings. The standard InChI is InChI=1S/C17H20BrNO/c1-4-5-16(18)10-15(11-19)17(20)14-8-6-13(7-9-14)12(2)3/h4-10,12H,1,11,19H2,2-3H3/b15-10+,16-5+. The smallest absolute Gasteiger partial charge is 0.190 e. The molecule has 0 saturated carbocycles. The second-order valence-corrected chi connectivity index (χ2v) is 5.68. The maximum Gasteiger partial charge on any atom is 0.190 e. The summed E-state index contributed by atoms with van der Waals surface area (Å²) in [6.07, 6.45) is 5.15. The molecule has 0 aliphatic carbocycles. The lowest BCUT2D eigenvalue weighted by molar-refractivity contribution is 0.103. The summed E-state index contributed by atoms with van der Waals surface area (Å²) in [6, 6.07) is 7.68. The van der Waals surface area contributed by atoms with Crippen molar-refractivity contribution in [1.29, 1.82) is 0 Å². The summed E-state index contributed by atoms with van der Waals surface area (Å²) in [4.78, 5) is 12.4. The quantitative estimate of drug-likeness (QED) is 0.478. The topological polar surface area (TPSA) is 43.1 Å². The van der Waals surface area contributed by atoms with Crippen LogP contribution in [0.15, 0.2) is 59.1 Å². The molecule has 1 rings (SSSR count). The molecule has 0 bridgehead atoms. The average Bonchev–Trinajstić information content (AvgIpc) is 2.44. The number of hydrogen-bond donors (Lipinski definition) is 1. The number of nitrogens with two attached hydrogens (primary N) is 1. The van der Waals surface area contributed by atoms with E-state index < -0.39 is 0 Å². The number of carbonyl (C=O) groups is 1. The number of Topliss-reactive ketones (excluding diaryl/α,β-unsaturated/α-hetero) is 1. The molecule has 0 saturated heterocycles. The average molecular weight is 334 g/mol. The third kappa shape index (κ3) is 4.58. The highest BCUT2D eigenvalue weighted by molar-refractivity contribution is 9.11. The van der Waals surface area contributed by atoms with Gasteiger partial charge in [0.1, 0.15) is 0 Å². The predicted octanol–water partition coefficient (Wildman–Crippen LogP) is 4.34. The van der Waals surface area contributed by atoms with Gasteiger partial charge in [0.05, 0.1) is 0 Å². The molecule has 0 heterocycles. The SMILES string of the molecule is C=C/C=C(Br)\C=C(/CN)C(=O)c1ccc(C(C)C)cc1. The van der Waals surface area contributed by atoms with Crippen molar-refractivity contribution in [2.24, 2.45) is 5.73 Å². The maximum atomic E-state index is 12.4. The fraction of sp³-hybridized carbons (Fsp3) is 0.235. The molecule has 0 spiro atoms. The molecule has 0 aliphatic heterocycles. The Hall–Kier alpha value is -1.45. The van der Waals surface area contributed by atoms with Gasteiger partial charge in [0, 0.05) is 22.2 Å². The van der Waals surface area contributed by atoms with Gasteiger partial charge in [0.2, 0.25) is 0 Å². The third-order valence-electron chi connectivity index (χ3n) is 2.94. The molecular formula is C17H20BrNO. The number of carbonyl (C=O) groups excluding carboxylic acids is 1. The van der Waals surface area contributed by atoms with E-state index in [2.05, 4.69) is 36.4 Å². The number of allylic oxidation sites excluding steroid dienone is 4. The van der Waals surface area contributed by atoms with Crippen LogP contribution in [-0.2, 0) is 0 Å². The molecule has 0 amide bonds. The van der Waals surface area contributed by atoms with Crippen molar-refractivity contribution in [3.63, 3.8) is 0 Å². The second-order valence-electron chi connectivity index (χ2n) is 4.77. The summed E-state index contributed by atoms with van der Waals surface area (Å²) in [5.74, 6) is 0.408. The van der Waals surface area contributed by atoms with Gasteiger partial charge in [-0.3, -0.25) is 4.79 Å². The van der Waals surface area contributed by atoms with Gasteiger partial charge in [-0.1, -0.05) is 66.7 Å². The summed E-state index contributed by atoms with van der Waals surface area (Å²) in [7, 11) is 0. The van der Waals surface area contributed by atoms with Gasteiger partial charge < -0.3 is 5.73 Å². The van der Waals surface area contributed by atoms with Crippen LogP contribution < -0.4 is 5.73 Å². The van der Waals surface area contributed by atoms with Crippen LogP contribution >= 0.6 is 15.9 Å². The van der Waals surface area contributed by atoms with Crippen molar-refractivity contribution in [3.8, 4) is 0 Å². The molecule has 0 atom stereocenters. The first-order valence-electron chi connectivity index (χ1n) is 6.53. The highest BCUT2D eigenvalue weighted by atomic mass is 79.9. The second kappa shape index (κ2) is 7.98. The van der Waals surface area contributed by atoms with E-state index in [0.717, 1.165) is 4.48 Å². The van der Waals surface area contributed by atoms with Gasteiger partial charge in [0.15, 0.2) is 5.78 Å². The van der Waals surface area contributed by atoms with E-state index in [1.807, 2.05) is 24.3 Å². The predicted molar refractivity (Wildman–Crippen MR) is 89.2 cm³/mol. The Morgan fingerprint density at radius 3 is 2.40 bits per heavy atom. The third-order valence-corrected chi connectivity index (χ3v) is 3.43. The summed E-state index contributed by atoms with van der Waals surface area (Å²) in [6.45, 7) is 8.06. The molecule has 1 aromatic carbocycles. The zero-order chi connectivity index (χ0) is 15.1. The summed E-state index contributed by atoms with van der Waals surface area (Å²) in [5.41, 5.74) is 8.11. The molecule has 20 heavy (non-hydrogen) atoms. The van der Waals surface area contributed by atoms with Crippen LogP contribution in [0.25, 0.3) is 0 Å². The van der Waals surface area contributed by atoms with Gasteiger partial charge in [-0.05, 0) is 23.6 Å². The van der Waals surface area contributed by atoms with Crippen LogP contribution in [0.5, 0.6) is 0 Å². The molecule has 0 aromatic heterocycles. The number of rotatable bonds is 6. The van der Waals surface area contributed by atoms with Gasteiger partial charge in [-0.25, -0.2) is 0 Å². The van der Waals surface area contributed by atoms with Crippen LogP contribution in [0.1, 0.15) is 35.7 Å². The summed E-state index contributed by atoms with van der Waals surface area (Å²) in [5, 5.41) is 0. The fourth-order valence-electron chi connectivity index (χ4n) is 1.75. The minimum absolute atomic E-state index is 0.0442. The maximum absolute atomic E-state index is 12.4. The van der Waals surface area contributed by atoms with Gasteiger partial charge in [-0.2, -0.15) is 0 Å². The molecule has 0 unspecified atom stereocenters. The first-order chi connectivity index (χ1) is 9.49. The van der Waals surface area contributed by atoms with E-state index in [-0.39, 0.29) is 12.3 Å². The Labute approximate surface area is 129 Å². The zero-order valence-corrected chi connectivity index (χ0v) is 13.5. The Bertz CT molecular complexity index is 539. The molecule has 2 N–H and O–H groups in total. The molecule has 106 valence electrons. The van der Waals surface area contributed by atoms with Gasteiger partial charge in [-0.15, -0.1) is 0 Å². The number of ketones is 1. The highest BCUT2D eigenvalue weighted by Crippen LogP contribution is 2.18. The Morgan fingerprint density at radius 1 is 1.35 bits per heavy atom. The first-order valence-corrected chi connectivity index (χ1v) is 7.32. The van der Waals surface area contributed by atoms with Crippen LogP contribution in [0.3, 0.4) is 0 Å². The van der Waals surface area contributed by atoms with Crippen molar-refractivity contribution >= 4 is 21.7 Å². The molecule has 0 fully saturated rings. The van der Waals surface area contributed by atoms with Crippen molar-refractivity contribution in [2.75, 3.05) is 6.54 Å². The Morgan fingerprint density at radius 2 is 1.95 bits per heavy atom. The van der Waals surface area contributed by atoms with E-state index >= 15 is 0 Å². The monoisotopic (exact) mass is 333 g/mol. The van der Waals surface area contributed by atoms with E-state index in [4.69, 9.17) is 5.73 Å². The van der Waals surface area contributed by atoms with Gasteiger partial charge in [0.25, 0.3) is 0 Å². The van der Waals surface area contributed by atoms with Crippen molar-refractivity contribution < 1.29 is 4.79 Å². The largest absolute Gasteiger partial charge is 0.326 e. The Kier molecular flexibility index (Phi) is 6.62. The number of halogens is 1. The van der Waals surface area contributed by atoms with Crippen LogP contribution in [0, 0.1) is 0 Å². The molecule has 0 radical (unpaired) electrons. The summed E-state index contributed by atoms with van der Waals surface area (Å²) >= 11 is 3.36. The van der Waals surface area contributed by atoms with Gasteiger partial charge >= 0.3 is 0 Å². The van der Waals surface area contributed by atoms with E-state index in [1.165, 1.54) is 5.56 Å². The van der Waals surface area contributed by atoms with Crippen molar-refractivity contribution in [3.05, 3.63) is 70.3 Å². The zero-order valence-electron chi connectivity index (χ0n) is 11.9. The van der Waals surface area contributed by atoms with Crippen molar-refractivity contribution in [1.82, 2.24) is 0 Å². The van der Waals surface area contributed by atoms with Crippen LogP contribution in [0.2, 0.25) is 0 Å². The first kappa shape index (κ1) is 16.6. The Balaban J connectivity index is 3.02. The fourth-order valence-corrected chi connectivity index (χ4v) is 2.21. The highest BCUT2D eigenvalue weighted by Gasteiger charge is 2.11. The lowest BCUT2D eigenvalue weighted by atomic mass is 9.98. The molecule has 1 aromatic rings. The van der Waals surface area contributed by atoms with Crippen molar-refractivity contribution in [2.45, 2.75) is 19.8 Å². The number of benzene rings is 1. The number of hydrogen-bond acceptors (Lipinski definition) is 2. The van der Waals surface area contributed by atoms with Crippen LogP contribution in [0.4, 0.5) is 0 Å². The summed E-state index contributed by atoms with van der Waals surface area (Å²) < 4.78 is 0.778. The molecular weight excluding hydrogens is 314 g/mol. The lowest BCUT2D eigenvalue weighted by Gasteiger charge is -2.08. The minimum atomic E-state index is -0.0442. The molecule has 2 nitrogen and oxygen atoms in total. The normalized spacial score (nSPS) is 12.7. The van der Waals surface area contributed by atoms with Crippen LogP contribution in [-0.4, -0.2) is 12.3 Å². The van der Waals surface area contributed by atoms with E-state index in [1.54, 1.807) is 18.2 Å². The molecule has 3 heteroatoms. The minimum Gasteiger partial charge on any atom is -0.326 e. The lowest BCUT2D eigenvalue weighted by Crippen LogP contribution is -2.13. The van der Waals surface area contributed by atoms with E-state index in [0.29, 0.717) is 17.1 Å². The van der Waals surface area contributed by atoms with E-state index in [9.17, 15) is 4.79 Å².